The van der Waals surface area contributed by atoms with Gasteiger partial charge in [-0.05, 0) is 109 Å². The van der Waals surface area contributed by atoms with Crippen molar-refractivity contribution in [1.82, 2.24) is 53.6 Å². The summed E-state index contributed by atoms with van der Waals surface area (Å²) in [5.41, 5.74) is 10.0. The second-order valence-corrected chi connectivity index (χ2v) is 17.1. The highest BCUT2D eigenvalue weighted by Gasteiger charge is 2.42. The Morgan fingerprint density at radius 2 is 1.10 bits per heavy atom. The SMILES string of the molecule is CC/C=C\c1nc(C(C)(C)c2nc(C(C)(C)c3nc4cccnc4n3-c3ccccc3)nc(C(C)(C)c3nc4cccnc4n3-c3ccccc3)n2)n(C2C=CC=CC2)c1N. The number of allylic oxidation sites excluding steroid dienone is 5. The molecule has 6 aromatic heterocycles. The van der Waals surface area contributed by atoms with Crippen molar-refractivity contribution in [3.8, 4) is 11.4 Å². The van der Waals surface area contributed by atoms with E-state index in [0.29, 0.717) is 23.3 Å². The lowest BCUT2D eigenvalue weighted by atomic mass is 9.86. The lowest BCUT2D eigenvalue weighted by Crippen LogP contribution is -2.36. The Morgan fingerprint density at radius 1 is 0.607 bits per heavy atom. The van der Waals surface area contributed by atoms with Crippen LogP contribution in [-0.4, -0.2) is 53.6 Å². The van der Waals surface area contributed by atoms with Gasteiger partial charge in [-0.15, -0.1) is 0 Å². The van der Waals surface area contributed by atoms with Crippen molar-refractivity contribution in [2.45, 2.75) is 83.6 Å². The monoisotopic (exact) mass is 806 g/mol. The number of para-hydroxylation sites is 2. The van der Waals surface area contributed by atoms with Gasteiger partial charge in [0, 0.05) is 23.8 Å². The van der Waals surface area contributed by atoms with E-state index in [1.54, 1.807) is 12.4 Å². The first-order valence-corrected chi connectivity index (χ1v) is 20.9. The van der Waals surface area contributed by atoms with Gasteiger partial charge in [0.05, 0.1) is 22.3 Å². The minimum absolute atomic E-state index is 0.0410. The van der Waals surface area contributed by atoms with Crippen LogP contribution in [0.2, 0.25) is 0 Å². The molecule has 0 spiro atoms. The Kier molecular flexibility index (Phi) is 9.81. The molecule has 0 aliphatic heterocycles. The number of fused-ring (bicyclic) bond motifs is 2. The van der Waals surface area contributed by atoms with Gasteiger partial charge in [0.25, 0.3) is 0 Å². The Hall–Kier alpha value is -7.08. The van der Waals surface area contributed by atoms with E-state index in [-0.39, 0.29) is 6.04 Å². The number of anilines is 1. The molecule has 1 aliphatic carbocycles. The molecule has 0 fully saturated rings. The standard InChI is InChI=1S/C49H50N12/c1-8-9-27-35-38(50)59(32-21-13-10-14-22-32)44(53-35)47(2,3)41-56-42(48(4,5)45-54-36-28-19-30-51-39(36)60(45)33-23-15-11-16-24-33)58-43(57-41)49(6,7)46-55-37-29-20-31-52-40(37)61(46)34-25-17-12-18-26-34/h9-21,23-32H,8,22,50H2,1-7H3/b27-9-. The molecule has 0 saturated heterocycles. The molecular formula is C49H50N12. The summed E-state index contributed by atoms with van der Waals surface area (Å²) in [5, 5.41) is 0. The minimum Gasteiger partial charge on any atom is -0.383 e. The van der Waals surface area contributed by atoms with E-state index in [2.05, 4.69) is 117 Å². The number of hydrogen-bond acceptors (Lipinski definition) is 9. The van der Waals surface area contributed by atoms with Crippen LogP contribution >= 0.6 is 0 Å². The maximum absolute atomic E-state index is 7.02. The number of rotatable bonds is 11. The number of nitrogens with two attached hydrogens (primary N) is 1. The molecule has 12 nitrogen and oxygen atoms in total. The van der Waals surface area contributed by atoms with Crippen LogP contribution in [0.5, 0.6) is 0 Å². The van der Waals surface area contributed by atoms with Gasteiger partial charge in [-0.2, -0.15) is 0 Å². The van der Waals surface area contributed by atoms with Crippen molar-refractivity contribution in [3.05, 3.63) is 168 Å². The van der Waals surface area contributed by atoms with Crippen LogP contribution in [0.4, 0.5) is 5.82 Å². The van der Waals surface area contributed by atoms with E-state index in [0.717, 1.165) is 69.7 Å². The van der Waals surface area contributed by atoms with Gasteiger partial charge in [0.2, 0.25) is 0 Å². The molecule has 1 aliphatic rings. The molecule has 0 bridgehead atoms. The predicted octanol–water partition coefficient (Wildman–Crippen LogP) is 9.58. The highest BCUT2D eigenvalue weighted by atomic mass is 15.2. The van der Waals surface area contributed by atoms with Crippen molar-refractivity contribution in [1.29, 1.82) is 0 Å². The molecule has 8 aromatic rings. The van der Waals surface area contributed by atoms with E-state index >= 15 is 0 Å². The summed E-state index contributed by atoms with van der Waals surface area (Å²) in [6.45, 7) is 14.8. The molecule has 12 heteroatoms. The van der Waals surface area contributed by atoms with E-state index < -0.39 is 16.2 Å². The van der Waals surface area contributed by atoms with Gasteiger partial charge in [-0.3, -0.25) is 9.13 Å². The maximum atomic E-state index is 7.02. The summed E-state index contributed by atoms with van der Waals surface area (Å²) >= 11 is 0. The normalized spacial score (nSPS) is 14.8. The zero-order valence-corrected chi connectivity index (χ0v) is 35.7. The molecule has 61 heavy (non-hydrogen) atoms. The third-order valence-electron chi connectivity index (χ3n) is 11.6. The molecule has 1 atom stereocenters. The fourth-order valence-corrected chi connectivity index (χ4v) is 8.17. The summed E-state index contributed by atoms with van der Waals surface area (Å²) < 4.78 is 6.37. The molecule has 6 heterocycles. The van der Waals surface area contributed by atoms with Gasteiger partial charge < -0.3 is 10.3 Å². The van der Waals surface area contributed by atoms with Crippen molar-refractivity contribution < 1.29 is 0 Å². The molecule has 0 radical (unpaired) electrons. The number of nitrogens with zero attached hydrogens (tertiary/aromatic N) is 11. The zero-order valence-electron chi connectivity index (χ0n) is 35.7. The molecule has 306 valence electrons. The Balaban J connectivity index is 1.31. The number of imidazole rings is 3. The van der Waals surface area contributed by atoms with Crippen LogP contribution in [0.25, 0.3) is 39.8 Å². The fraction of sp³-hybridized carbons (Fsp3) is 0.265. The molecule has 1 unspecified atom stereocenters. The highest BCUT2D eigenvalue weighted by Crippen LogP contribution is 2.41. The summed E-state index contributed by atoms with van der Waals surface area (Å²) in [4.78, 5) is 41.8. The van der Waals surface area contributed by atoms with E-state index in [9.17, 15) is 0 Å². The topological polar surface area (TPSA) is 144 Å². The Morgan fingerprint density at radius 3 is 1.56 bits per heavy atom. The molecule has 0 saturated carbocycles. The first-order chi connectivity index (χ1) is 29.4. The van der Waals surface area contributed by atoms with Crippen LogP contribution in [0, 0.1) is 0 Å². The van der Waals surface area contributed by atoms with Gasteiger partial charge >= 0.3 is 0 Å². The third-order valence-corrected chi connectivity index (χ3v) is 11.6. The second kappa shape index (κ2) is 15.2. The second-order valence-electron chi connectivity index (χ2n) is 17.1. The van der Waals surface area contributed by atoms with Crippen molar-refractivity contribution in [2.24, 2.45) is 0 Å². The van der Waals surface area contributed by atoms with Gasteiger partial charge in [-0.25, -0.2) is 39.9 Å². The van der Waals surface area contributed by atoms with Crippen molar-refractivity contribution >= 4 is 34.2 Å². The predicted molar refractivity (Wildman–Crippen MR) is 242 cm³/mol. The smallest absolute Gasteiger partial charge is 0.164 e. The van der Waals surface area contributed by atoms with Crippen LogP contribution in [0.1, 0.15) is 108 Å². The van der Waals surface area contributed by atoms with E-state index in [4.69, 9.17) is 45.6 Å². The number of aromatic nitrogens is 11. The fourth-order valence-electron chi connectivity index (χ4n) is 8.17. The lowest BCUT2D eigenvalue weighted by Gasteiger charge is -2.32. The van der Waals surface area contributed by atoms with Gasteiger partial charge in [-0.1, -0.05) is 73.7 Å². The summed E-state index contributed by atoms with van der Waals surface area (Å²) in [6.07, 6.45) is 17.8. The number of hydrogen-bond donors (Lipinski definition) is 1. The lowest BCUT2D eigenvalue weighted by molar-refractivity contribution is 0.446. The van der Waals surface area contributed by atoms with Crippen LogP contribution in [0.3, 0.4) is 0 Å². The number of benzene rings is 2. The zero-order chi connectivity index (χ0) is 42.5. The minimum atomic E-state index is -0.878. The molecule has 2 aromatic carbocycles. The third kappa shape index (κ3) is 6.72. The Labute approximate surface area is 355 Å². The van der Waals surface area contributed by atoms with Crippen LogP contribution in [-0.2, 0) is 16.2 Å². The van der Waals surface area contributed by atoms with Crippen molar-refractivity contribution in [3.63, 3.8) is 0 Å². The van der Waals surface area contributed by atoms with Gasteiger partial charge in [0.1, 0.15) is 57.5 Å². The molecule has 9 rings (SSSR count). The first-order valence-electron chi connectivity index (χ1n) is 20.9. The number of pyridine rings is 2. The molecule has 0 amide bonds. The maximum Gasteiger partial charge on any atom is 0.164 e. The van der Waals surface area contributed by atoms with Gasteiger partial charge in [0.15, 0.2) is 11.3 Å². The summed E-state index contributed by atoms with van der Waals surface area (Å²) in [5.74, 6) is 4.46. The first kappa shape index (κ1) is 39.4. The summed E-state index contributed by atoms with van der Waals surface area (Å²) in [7, 11) is 0. The van der Waals surface area contributed by atoms with Crippen molar-refractivity contribution in [2.75, 3.05) is 5.73 Å². The molecule has 2 N–H and O–H groups in total. The average molecular weight is 807 g/mol. The summed E-state index contributed by atoms with van der Waals surface area (Å²) in [6, 6.07) is 28.1. The van der Waals surface area contributed by atoms with Crippen LogP contribution in [0.15, 0.2) is 128 Å². The quantitative estimate of drug-likeness (QED) is 0.135. The van der Waals surface area contributed by atoms with E-state index in [1.165, 1.54) is 0 Å². The average Bonchev–Trinajstić information content (AvgIpc) is 3.99. The highest BCUT2D eigenvalue weighted by molar-refractivity contribution is 5.75. The van der Waals surface area contributed by atoms with E-state index in [1.807, 2.05) is 66.7 Å². The number of nitrogen functional groups attached to an aromatic ring is 1. The largest absolute Gasteiger partial charge is 0.383 e. The van der Waals surface area contributed by atoms with Crippen LogP contribution < -0.4 is 5.73 Å². The molecular weight excluding hydrogens is 757 g/mol. The Bertz CT molecular complexity index is 2830.